The van der Waals surface area contributed by atoms with E-state index in [4.69, 9.17) is 4.74 Å². The highest BCUT2D eigenvalue weighted by atomic mass is 19.1. The van der Waals surface area contributed by atoms with Gasteiger partial charge in [0.2, 0.25) is 0 Å². The minimum atomic E-state index is -1.08. The molecule has 0 amide bonds. The summed E-state index contributed by atoms with van der Waals surface area (Å²) in [6.45, 7) is 0.0981. The van der Waals surface area contributed by atoms with Crippen LogP contribution in [0.4, 0.5) is 10.2 Å². The molecule has 0 bridgehead atoms. The molecular weight excluding hydrogens is 321 g/mol. The summed E-state index contributed by atoms with van der Waals surface area (Å²) in [5.74, 6) is 0.775. The van der Waals surface area contributed by atoms with Crippen LogP contribution in [-0.4, -0.2) is 38.9 Å². The van der Waals surface area contributed by atoms with Crippen molar-refractivity contribution in [2.24, 2.45) is 0 Å². The number of halogens is 1. The third-order valence-electron chi connectivity index (χ3n) is 4.61. The molecule has 7 heteroatoms. The van der Waals surface area contributed by atoms with Crippen molar-refractivity contribution in [2.45, 2.75) is 37.6 Å². The van der Waals surface area contributed by atoms with Gasteiger partial charge in [0.05, 0.1) is 24.3 Å². The van der Waals surface area contributed by atoms with Crippen LogP contribution >= 0.6 is 0 Å². The standard InChI is InChI=1S/C18H20FN5O/c19-16(12-4-2-1-3-5-12)10-25-14-7-6-13(8-14)23-17-15-9-22-24-18(15)21-11-20-17/h1-5,9,11,13-14,16H,6-8,10H2,(H2,20,21,22,23,24)/t13-,14-,16-/m0/s1. The number of rotatable bonds is 6. The molecule has 2 heterocycles. The summed E-state index contributed by atoms with van der Waals surface area (Å²) >= 11 is 0. The molecule has 0 unspecified atom stereocenters. The Morgan fingerprint density at radius 2 is 2.12 bits per heavy atom. The van der Waals surface area contributed by atoms with E-state index in [0.717, 1.165) is 30.5 Å². The Labute approximate surface area is 144 Å². The summed E-state index contributed by atoms with van der Waals surface area (Å²) in [7, 11) is 0. The number of alkyl halides is 1. The molecule has 1 saturated carbocycles. The van der Waals surface area contributed by atoms with Crippen LogP contribution in [0.3, 0.4) is 0 Å². The van der Waals surface area contributed by atoms with Gasteiger partial charge in [0.15, 0.2) is 5.65 Å². The van der Waals surface area contributed by atoms with Crippen LogP contribution in [0.2, 0.25) is 0 Å². The van der Waals surface area contributed by atoms with Gasteiger partial charge in [-0.1, -0.05) is 30.3 Å². The fourth-order valence-corrected chi connectivity index (χ4v) is 3.27. The zero-order valence-electron chi connectivity index (χ0n) is 13.7. The molecular formula is C18H20FN5O. The molecule has 130 valence electrons. The zero-order chi connectivity index (χ0) is 17.1. The Morgan fingerprint density at radius 1 is 1.24 bits per heavy atom. The number of aromatic nitrogens is 4. The molecule has 0 saturated heterocycles. The molecule has 6 nitrogen and oxygen atoms in total. The average Bonchev–Trinajstić information content (AvgIpc) is 3.30. The molecule has 0 radical (unpaired) electrons. The second-order valence-electron chi connectivity index (χ2n) is 6.34. The summed E-state index contributed by atoms with van der Waals surface area (Å²) in [4.78, 5) is 8.43. The van der Waals surface area contributed by atoms with Gasteiger partial charge >= 0.3 is 0 Å². The van der Waals surface area contributed by atoms with Crippen molar-refractivity contribution in [3.8, 4) is 0 Å². The van der Waals surface area contributed by atoms with E-state index in [1.807, 2.05) is 18.2 Å². The van der Waals surface area contributed by atoms with E-state index in [0.29, 0.717) is 11.2 Å². The summed E-state index contributed by atoms with van der Waals surface area (Å²) in [5, 5.41) is 11.1. The molecule has 3 aromatic rings. The lowest BCUT2D eigenvalue weighted by Gasteiger charge is -2.16. The van der Waals surface area contributed by atoms with Crippen molar-refractivity contribution in [3.63, 3.8) is 0 Å². The van der Waals surface area contributed by atoms with E-state index in [2.05, 4.69) is 25.5 Å². The first-order valence-corrected chi connectivity index (χ1v) is 8.51. The molecule has 2 aromatic heterocycles. The van der Waals surface area contributed by atoms with Crippen molar-refractivity contribution in [1.29, 1.82) is 0 Å². The Balaban J connectivity index is 1.30. The zero-order valence-corrected chi connectivity index (χ0v) is 13.7. The number of nitrogens with zero attached hydrogens (tertiary/aromatic N) is 3. The van der Waals surface area contributed by atoms with Crippen LogP contribution in [0.25, 0.3) is 11.0 Å². The number of hydrogen-bond acceptors (Lipinski definition) is 5. The molecule has 3 atom stereocenters. The third kappa shape index (κ3) is 3.61. The first-order valence-electron chi connectivity index (χ1n) is 8.51. The second-order valence-corrected chi connectivity index (χ2v) is 6.34. The van der Waals surface area contributed by atoms with Crippen molar-refractivity contribution < 1.29 is 9.13 Å². The maximum atomic E-state index is 14.2. The lowest BCUT2D eigenvalue weighted by molar-refractivity contribution is 0.0217. The van der Waals surface area contributed by atoms with Gasteiger partial charge in [0.25, 0.3) is 0 Å². The minimum Gasteiger partial charge on any atom is -0.375 e. The van der Waals surface area contributed by atoms with Crippen LogP contribution in [0.5, 0.6) is 0 Å². The highest BCUT2D eigenvalue weighted by Crippen LogP contribution is 2.28. The number of nitrogens with one attached hydrogen (secondary N) is 2. The second kappa shape index (κ2) is 7.14. The smallest absolute Gasteiger partial charge is 0.160 e. The predicted molar refractivity (Wildman–Crippen MR) is 93.0 cm³/mol. The van der Waals surface area contributed by atoms with Gasteiger partial charge in [-0.2, -0.15) is 5.10 Å². The highest BCUT2D eigenvalue weighted by Gasteiger charge is 2.27. The Kier molecular flexibility index (Phi) is 4.56. The van der Waals surface area contributed by atoms with Gasteiger partial charge in [-0.05, 0) is 24.8 Å². The van der Waals surface area contributed by atoms with E-state index >= 15 is 0 Å². The number of fused-ring (bicyclic) bond motifs is 1. The lowest BCUT2D eigenvalue weighted by atomic mass is 10.1. The number of H-pyrrole nitrogens is 1. The summed E-state index contributed by atoms with van der Waals surface area (Å²) in [5.41, 5.74) is 1.38. The van der Waals surface area contributed by atoms with Gasteiger partial charge < -0.3 is 10.1 Å². The van der Waals surface area contributed by atoms with Crippen LogP contribution in [0, 0.1) is 0 Å². The monoisotopic (exact) mass is 341 g/mol. The van der Waals surface area contributed by atoms with Crippen molar-refractivity contribution in [1.82, 2.24) is 20.2 Å². The van der Waals surface area contributed by atoms with Crippen LogP contribution in [0.1, 0.15) is 31.0 Å². The Morgan fingerprint density at radius 3 is 3.00 bits per heavy atom. The maximum absolute atomic E-state index is 14.2. The Hall–Kier alpha value is -2.54. The van der Waals surface area contributed by atoms with Gasteiger partial charge in [-0.25, -0.2) is 14.4 Å². The SMILES string of the molecule is F[C@@H](CO[C@H]1CC[C@H](Nc2ncnc3[nH]ncc23)C1)c1ccccc1. The fourth-order valence-electron chi connectivity index (χ4n) is 3.27. The molecule has 1 aromatic carbocycles. The minimum absolute atomic E-state index is 0.0705. The van der Waals surface area contributed by atoms with Crippen LogP contribution in [-0.2, 0) is 4.74 Å². The topological polar surface area (TPSA) is 75.7 Å². The highest BCUT2D eigenvalue weighted by molar-refractivity contribution is 5.85. The van der Waals surface area contributed by atoms with E-state index in [9.17, 15) is 4.39 Å². The number of anilines is 1. The van der Waals surface area contributed by atoms with E-state index < -0.39 is 6.17 Å². The predicted octanol–water partition coefficient (Wildman–Crippen LogP) is 3.41. The summed E-state index contributed by atoms with van der Waals surface area (Å²) in [6, 6.07) is 9.41. The van der Waals surface area contributed by atoms with E-state index in [-0.39, 0.29) is 18.8 Å². The molecule has 1 fully saturated rings. The Bertz CT molecular complexity index is 824. The summed E-state index contributed by atoms with van der Waals surface area (Å²) < 4.78 is 20.0. The van der Waals surface area contributed by atoms with Crippen LogP contribution in [0.15, 0.2) is 42.9 Å². The van der Waals surface area contributed by atoms with E-state index in [1.165, 1.54) is 6.33 Å². The maximum Gasteiger partial charge on any atom is 0.160 e. The normalized spacial score (nSPS) is 21.5. The fraction of sp³-hybridized carbons (Fsp3) is 0.389. The number of ether oxygens (including phenoxy) is 1. The van der Waals surface area contributed by atoms with Crippen molar-refractivity contribution >= 4 is 16.9 Å². The molecule has 1 aliphatic carbocycles. The third-order valence-corrected chi connectivity index (χ3v) is 4.61. The largest absolute Gasteiger partial charge is 0.375 e. The molecule has 2 N–H and O–H groups in total. The lowest BCUT2D eigenvalue weighted by Crippen LogP contribution is -2.19. The van der Waals surface area contributed by atoms with E-state index in [1.54, 1.807) is 18.3 Å². The van der Waals surface area contributed by atoms with Gasteiger partial charge in [-0.15, -0.1) is 0 Å². The van der Waals surface area contributed by atoms with Gasteiger partial charge in [0, 0.05) is 6.04 Å². The van der Waals surface area contributed by atoms with Crippen LogP contribution < -0.4 is 5.32 Å². The van der Waals surface area contributed by atoms with Gasteiger partial charge in [0.1, 0.15) is 18.3 Å². The number of hydrogen-bond donors (Lipinski definition) is 2. The molecule has 1 aliphatic rings. The molecule has 25 heavy (non-hydrogen) atoms. The first-order chi connectivity index (χ1) is 12.3. The molecule has 0 spiro atoms. The van der Waals surface area contributed by atoms with Crippen molar-refractivity contribution in [3.05, 3.63) is 48.4 Å². The number of aromatic amines is 1. The average molecular weight is 341 g/mol. The first kappa shape index (κ1) is 16.0. The number of benzene rings is 1. The molecule has 4 rings (SSSR count). The van der Waals surface area contributed by atoms with Gasteiger partial charge in [-0.3, -0.25) is 5.10 Å². The van der Waals surface area contributed by atoms with Crippen molar-refractivity contribution in [2.75, 3.05) is 11.9 Å². The molecule has 0 aliphatic heterocycles. The summed E-state index contributed by atoms with van der Waals surface area (Å²) in [6.07, 6.45) is 4.94. The quantitative estimate of drug-likeness (QED) is 0.718.